The maximum Gasteiger partial charge on any atom is 0.259 e. The molecular formula is C22H17ClN2O2. The average molecular weight is 377 g/mol. The van der Waals surface area contributed by atoms with Gasteiger partial charge in [0.2, 0.25) is 0 Å². The normalized spacial score (nSPS) is 11.3. The highest BCUT2D eigenvalue weighted by atomic mass is 35.5. The molecule has 3 rings (SSSR count). The molecule has 1 N–H and O–H groups in total. The van der Waals surface area contributed by atoms with E-state index in [9.17, 15) is 10.1 Å². The molecule has 5 heteroatoms. The molecule has 0 aliphatic heterocycles. The van der Waals surface area contributed by atoms with Crippen molar-refractivity contribution >= 4 is 23.2 Å². The summed E-state index contributed by atoms with van der Waals surface area (Å²) in [5.74, 6) is -0.229. The van der Waals surface area contributed by atoms with Crippen molar-refractivity contribution in [1.82, 2.24) is 0 Å². The van der Waals surface area contributed by atoms with E-state index in [1.54, 1.807) is 30.3 Å². The van der Waals surface area contributed by atoms with Crippen LogP contribution in [0.1, 0.15) is 27.4 Å². The van der Waals surface area contributed by atoms with Crippen molar-refractivity contribution in [3.8, 4) is 11.8 Å². The molecular weight excluding hydrogens is 360 g/mol. The Kier molecular flexibility index (Phi) is 5.75. The van der Waals surface area contributed by atoms with Crippen LogP contribution in [0, 0.1) is 11.3 Å². The summed E-state index contributed by atoms with van der Waals surface area (Å²) in [6.45, 7) is 0. The maximum absolute atomic E-state index is 12.5. The lowest BCUT2D eigenvalue weighted by atomic mass is 9.92. The summed E-state index contributed by atoms with van der Waals surface area (Å²) >= 11 is 5.98. The predicted molar refractivity (Wildman–Crippen MR) is 106 cm³/mol. The Balaban J connectivity index is 1.79. The number of benzene rings is 3. The lowest BCUT2D eigenvalue weighted by molar-refractivity contribution is 0.102. The second-order valence-corrected chi connectivity index (χ2v) is 6.33. The van der Waals surface area contributed by atoms with Gasteiger partial charge in [0.15, 0.2) is 0 Å². The Bertz CT molecular complexity index is 979. The molecule has 4 nitrogen and oxygen atoms in total. The maximum atomic E-state index is 12.5. The first-order valence-electron chi connectivity index (χ1n) is 8.32. The minimum atomic E-state index is -0.357. The quantitative estimate of drug-likeness (QED) is 0.660. The fraction of sp³-hybridized carbons (Fsp3) is 0.0909. The van der Waals surface area contributed by atoms with Crippen LogP contribution >= 0.6 is 11.6 Å². The van der Waals surface area contributed by atoms with Gasteiger partial charge in [-0.3, -0.25) is 4.79 Å². The zero-order valence-electron chi connectivity index (χ0n) is 14.6. The molecule has 134 valence electrons. The molecule has 0 aliphatic carbocycles. The van der Waals surface area contributed by atoms with Crippen molar-refractivity contribution in [3.05, 3.63) is 94.5 Å². The Labute approximate surface area is 163 Å². The van der Waals surface area contributed by atoms with Gasteiger partial charge in [0.1, 0.15) is 5.75 Å². The number of hydrogen-bond acceptors (Lipinski definition) is 3. The SMILES string of the molecule is COc1ccc(Cl)cc1C(=O)Nc1ccc(C(C#N)c2ccccc2)cc1. The minimum absolute atomic E-state index is 0.318. The summed E-state index contributed by atoms with van der Waals surface area (Å²) in [5, 5.41) is 12.8. The lowest BCUT2D eigenvalue weighted by Gasteiger charge is -2.12. The molecule has 1 amide bonds. The number of methoxy groups -OCH3 is 1. The molecule has 27 heavy (non-hydrogen) atoms. The monoisotopic (exact) mass is 376 g/mol. The number of rotatable bonds is 5. The third kappa shape index (κ3) is 4.28. The highest BCUT2D eigenvalue weighted by molar-refractivity contribution is 6.31. The van der Waals surface area contributed by atoms with Crippen LogP contribution in [0.15, 0.2) is 72.8 Å². The zero-order chi connectivity index (χ0) is 19.2. The van der Waals surface area contributed by atoms with E-state index in [0.29, 0.717) is 22.0 Å². The summed E-state index contributed by atoms with van der Waals surface area (Å²) in [6.07, 6.45) is 0. The van der Waals surface area contributed by atoms with Crippen LogP contribution < -0.4 is 10.1 Å². The highest BCUT2D eigenvalue weighted by Gasteiger charge is 2.15. The second kappa shape index (κ2) is 8.39. The van der Waals surface area contributed by atoms with Gasteiger partial charge in [0.25, 0.3) is 5.91 Å². The van der Waals surface area contributed by atoms with E-state index in [0.717, 1.165) is 11.1 Å². The first-order chi connectivity index (χ1) is 13.1. The van der Waals surface area contributed by atoms with E-state index in [1.807, 2.05) is 42.5 Å². The van der Waals surface area contributed by atoms with Gasteiger partial charge in [-0.2, -0.15) is 5.26 Å². The standard InChI is InChI=1S/C22H17ClN2O2/c1-27-21-12-9-17(23)13-19(21)22(26)25-18-10-7-16(8-11-18)20(14-24)15-5-3-2-4-6-15/h2-13,20H,1H3,(H,25,26). The molecule has 0 spiro atoms. The predicted octanol–water partition coefficient (Wildman–Crippen LogP) is 5.26. The Morgan fingerprint density at radius 1 is 1.04 bits per heavy atom. The van der Waals surface area contributed by atoms with E-state index in [-0.39, 0.29) is 11.8 Å². The molecule has 0 radical (unpaired) electrons. The molecule has 3 aromatic carbocycles. The molecule has 1 unspecified atom stereocenters. The zero-order valence-corrected chi connectivity index (χ0v) is 15.4. The van der Waals surface area contributed by atoms with Crippen molar-refractivity contribution in [3.63, 3.8) is 0 Å². The lowest BCUT2D eigenvalue weighted by Crippen LogP contribution is -2.13. The summed E-state index contributed by atoms with van der Waals surface area (Å²) in [6, 6.07) is 24.0. The summed E-state index contributed by atoms with van der Waals surface area (Å²) in [7, 11) is 1.50. The molecule has 0 saturated carbocycles. The fourth-order valence-electron chi connectivity index (χ4n) is 2.80. The summed E-state index contributed by atoms with van der Waals surface area (Å²) < 4.78 is 5.22. The number of ether oxygens (including phenoxy) is 1. The Morgan fingerprint density at radius 3 is 2.33 bits per heavy atom. The summed E-state index contributed by atoms with van der Waals surface area (Å²) in [5.41, 5.74) is 2.77. The van der Waals surface area contributed by atoms with Gasteiger partial charge in [-0.25, -0.2) is 0 Å². The average Bonchev–Trinajstić information content (AvgIpc) is 2.70. The first-order valence-corrected chi connectivity index (χ1v) is 8.69. The van der Waals surface area contributed by atoms with Crippen molar-refractivity contribution in [1.29, 1.82) is 5.26 Å². The number of nitrogens with one attached hydrogen (secondary N) is 1. The van der Waals surface area contributed by atoms with E-state index < -0.39 is 0 Å². The van der Waals surface area contributed by atoms with Gasteiger partial charge in [0.05, 0.1) is 24.7 Å². The van der Waals surface area contributed by atoms with Crippen LogP contribution in [0.4, 0.5) is 5.69 Å². The number of anilines is 1. The van der Waals surface area contributed by atoms with E-state index >= 15 is 0 Å². The van der Waals surface area contributed by atoms with Gasteiger partial charge in [-0.15, -0.1) is 0 Å². The molecule has 3 aromatic rings. The van der Waals surface area contributed by atoms with Gasteiger partial charge in [-0.1, -0.05) is 54.1 Å². The smallest absolute Gasteiger partial charge is 0.259 e. The second-order valence-electron chi connectivity index (χ2n) is 5.89. The van der Waals surface area contributed by atoms with Crippen LogP contribution in [0.3, 0.4) is 0 Å². The molecule has 0 fully saturated rings. The van der Waals surface area contributed by atoms with Crippen molar-refractivity contribution in [2.45, 2.75) is 5.92 Å². The van der Waals surface area contributed by atoms with Crippen LogP contribution in [0.25, 0.3) is 0 Å². The van der Waals surface area contributed by atoms with Crippen molar-refractivity contribution in [2.24, 2.45) is 0 Å². The molecule has 1 atom stereocenters. The topological polar surface area (TPSA) is 62.1 Å². The molecule has 0 heterocycles. The largest absolute Gasteiger partial charge is 0.496 e. The van der Waals surface area contributed by atoms with E-state index in [2.05, 4.69) is 11.4 Å². The van der Waals surface area contributed by atoms with Gasteiger partial charge in [-0.05, 0) is 41.5 Å². The van der Waals surface area contributed by atoms with Crippen molar-refractivity contribution < 1.29 is 9.53 Å². The third-order valence-corrected chi connectivity index (χ3v) is 4.41. The molecule has 0 bridgehead atoms. The summed E-state index contributed by atoms with van der Waals surface area (Å²) in [4.78, 5) is 12.5. The molecule has 0 aromatic heterocycles. The number of carbonyl (C=O) groups excluding carboxylic acids is 1. The van der Waals surface area contributed by atoms with E-state index in [4.69, 9.17) is 16.3 Å². The number of amides is 1. The Morgan fingerprint density at radius 2 is 1.70 bits per heavy atom. The number of carbonyl (C=O) groups is 1. The molecule has 0 aliphatic rings. The third-order valence-electron chi connectivity index (χ3n) is 4.17. The van der Waals surface area contributed by atoms with E-state index in [1.165, 1.54) is 7.11 Å². The van der Waals surface area contributed by atoms with Crippen LogP contribution in [0.5, 0.6) is 5.75 Å². The van der Waals surface area contributed by atoms with Crippen LogP contribution in [-0.4, -0.2) is 13.0 Å². The number of halogens is 1. The fourth-order valence-corrected chi connectivity index (χ4v) is 2.97. The van der Waals surface area contributed by atoms with Gasteiger partial charge >= 0.3 is 0 Å². The van der Waals surface area contributed by atoms with Crippen molar-refractivity contribution in [2.75, 3.05) is 12.4 Å². The highest BCUT2D eigenvalue weighted by Crippen LogP contribution is 2.26. The minimum Gasteiger partial charge on any atom is -0.496 e. The Hall–Kier alpha value is -3.29. The first kappa shape index (κ1) is 18.5. The van der Waals surface area contributed by atoms with Gasteiger partial charge < -0.3 is 10.1 Å². The number of nitrogens with zero attached hydrogens (tertiary/aromatic N) is 1. The van der Waals surface area contributed by atoms with Crippen LogP contribution in [0.2, 0.25) is 5.02 Å². The number of nitriles is 1. The molecule has 0 saturated heterocycles. The van der Waals surface area contributed by atoms with Gasteiger partial charge in [0, 0.05) is 10.7 Å². The van der Waals surface area contributed by atoms with Crippen LogP contribution in [-0.2, 0) is 0 Å². The number of hydrogen-bond donors (Lipinski definition) is 1.